The van der Waals surface area contributed by atoms with Crippen LogP contribution in [0.5, 0.6) is 0 Å². The van der Waals surface area contributed by atoms with Crippen molar-refractivity contribution in [2.45, 2.75) is 25.8 Å². The number of aromatic nitrogens is 2. The van der Waals surface area contributed by atoms with Crippen LogP contribution in [0.15, 0.2) is 6.07 Å². The highest BCUT2D eigenvalue weighted by Crippen LogP contribution is 2.27. The summed E-state index contributed by atoms with van der Waals surface area (Å²) in [5, 5.41) is 0.539. The summed E-state index contributed by atoms with van der Waals surface area (Å²) in [6.07, 6.45) is 4.64. The van der Waals surface area contributed by atoms with Crippen molar-refractivity contribution in [1.29, 1.82) is 0 Å². The molecular weight excluding hydrogens is 242 g/mol. The van der Waals surface area contributed by atoms with Crippen LogP contribution in [-0.2, 0) is 0 Å². The molecule has 2 heterocycles. The third-order valence-electron chi connectivity index (χ3n) is 2.82. The smallest absolute Gasteiger partial charge is 0.134 e. The molecule has 1 aromatic heterocycles. The van der Waals surface area contributed by atoms with Crippen LogP contribution in [0.4, 0.5) is 5.82 Å². The van der Waals surface area contributed by atoms with Crippen LogP contribution in [-0.4, -0.2) is 34.6 Å². The summed E-state index contributed by atoms with van der Waals surface area (Å²) in [6.45, 7) is 2.97. The molecule has 0 aliphatic carbocycles. The van der Waals surface area contributed by atoms with Crippen molar-refractivity contribution in [3.8, 4) is 0 Å². The lowest BCUT2D eigenvalue weighted by molar-refractivity contribution is 0.734. The molecule has 0 saturated carbocycles. The average Bonchev–Trinajstić information content (AvgIpc) is 2.65. The molecule has 1 saturated heterocycles. The second-order valence-electron chi connectivity index (χ2n) is 4.04. The Morgan fingerprint density at radius 1 is 1.56 bits per heavy atom. The summed E-state index contributed by atoms with van der Waals surface area (Å²) >= 11 is 7.86. The lowest BCUT2D eigenvalue weighted by Crippen LogP contribution is -2.32. The van der Waals surface area contributed by atoms with E-state index >= 15 is 0 Å². The van der Waals surface area contributed by atoms with Gasteiger partial charge in [0.2, 0.25) is 0 Å². The van der Waals surface area contributed by atoms with Crippen molar-refractivity contribution in [2.24, 2.45) is 0 Å². The zero-order valence-electron chi connectivity index (χ0n) is 9.61. The summed E-state index contributed by atoms with van der Waals surface area (Å²) in [6, 6.07) is 2.47. The molecular formula is C11H16ClN3S. The van der Waals surface area contributed by atoms with Gasteiger partial charge in [-0.05, 0) is 26.0 Å². The van der Waals surface area contributed by atoms with E-state index < -0.39 is 0 Å². The van der Waals surface area contributed by atoms with Crippen LogP contribution in [0.3, 0.4) is 0 Å². The Morgan fingerprint density at radius 3 is 3.06 bits per heavy atom. The molecule has 0 N–H and O–H groups in total. The van der Waals surface area contributed by atoms with E-state index in [1.807, 2.05) is 24.8 Å². The molecule has 1 aliphatic rings. The fourth-order valence-electron chi connectivity index (χ4n) is 2.17. The molecule has 2 rings (SSSR count). The molecule has 3 nitrogen and oxygen atoms in total. The van der Waals surface area contributed by atoms with Crippen LogP contribution < -0.4 is 4.90 Å². The standard InChI is InChI=1S/C11H16ClN3S/c1-8-13-10(12)6-11(14-8)15-5-3-4-9(15)7-16-2/h6,9H,3-5,7H2,1-2H3. The van der Waals surface area contributed by atoms with Crippen LogP contribution in [0.2, 0.25) is 5.15 Å². The minimum atomic E-state index is 0.539. The first kappa shape index (κ1) is 12.0. The van der Waals surface area contributed by atoms with Gasteiger partial charge in [-0.2, -0.15) is 11.8 Å². The minimum absolute atomic E-state index is 0.539. The van der Waals surface area contributed by atoms with E-state index in [1.165, 1.54) is 12.8 Å². The monoisotopic (exact) mass is 257 g/mol. The van der Waals surface area contributed by atoms with Crippen molar-refractivity contribution in [1.82, 2.24) is 9.97 Å². The second-order valence-corrected chi connectivity index (χ2v) is 5.34. The second kappa shape index (κ2) is 5.23. The number of aryl methyl sites for hydroxylation is 1. The lowest BCUT2D eigenvalue weighted by atomic mass is 10.2. The highest BCUT2D eigenvalue weighted by Gasteiger charge is 2.25. The molecule has 1 aromatic rings. The van der Waals surface area contributed by atoms with Crippen LogP contribution in [0, 0.1) is 6.92 Å². The molecule has 1 unspecified atom stereocenters. The molecule has 1 atom stereocenters. The highest BCUT2D eigenvalue weighted by atomic mass is 35.5. The highest BCUT2D eigenvalue weighted by molar-refractivity contribution is 7.98. The summed E-state index contributed by atoms with van der Waals surface area (Å²) in [7, 11) is 0. The van der Waals surface area contributed by atoms with Crippen LogP contribution in [0.1, 0.15) is 18.7 Å². The Bertz CT molecular complexity index is 352. The normalized spacial score (nSPS) is 20.4. The van der Waals surface area contributed by atoms with Crippen molar-refractivity contribution >= 4 is 29.2 Å². The van der Waals surface area contributed by atoms with E-state index in [0.717, 1.165) is 23.9 Å². The first-order valence-electron chi connectivity index (χ1n) is 5.47. The Hall–Kier alpha value is -0.480. The fraction of sp³-hybridized carbons (Fsp3) is 0.636. The molecule has 1 fully saturated rings. The number of hydrogen-bond acceptors (Lipinski definition) is 4. The molecule has 5 heteroatoms. The van der Waals surface area contributed by atoms with Gasteiger partial charge in [0, 0.05) is 24.4 Å². The van der Waals surface area contributed by atoms with Crippen LogP contribution in [0.25, 0.3) is 0 Å². The van der Waals surface area contributed by atoms with E-state index in [2.05, 4.69) is 21.1 Å². The van der Waals surface area contributed by atoms with Gasteiger partial charge in [-0.15, -0.1) is 0 Å². The molecule has 0 aromatic carbocycles. The number of rotatable bonds is 3. The summed E-state index contributed by atoms with van der Waals surface area (Å²) in [5.74, 6) is 2.88. The van der Waals surface area contributed by atoms with Gasteiger partial charge in [0.25, 0.3) is 0 Å². The summed E-state index contributed by atoms with van der Waals surface area (Å²) < 4.78 is 0. The molecule has 88 valence electrons. The van der Waals surface area contributed by atoms with Crippen molar-refractivity contribution in [3.05, 3.63) is 17.0 Å². The summed E-state index contributed by atoms with van der Waals surface area (Å²) in [4.78, 5) is 10.9. The van der Waals surface area contributed by atoms with Gasteiger partial charge >= 0.3 is 0 Å². The lowest BCUT2D eigenvalue weighted by Gasteiger charge is -2.25. The topological polar surface area (TPSA) is 29.0 Å². The van der Waals surface area contributed by atoms with Crippen molar-refractivity contribution < 1.29 is 0 Å². The van der Waals surface area contributed by atoms with E-state index in [9.17, 15) is 0 Å². The number of anilines is 1. The van der Waals surface area contributed by atoms with Crippen molar-refractivity contribution in [3.63, 3.8) is 0 Å². The van der Waals surface area contributed by atoms with Gasteiger partial charge in [-0.1, -0.05) is 11.6 Å². The third-order valence-corrected chi connectivity index (χ3v) is 3.74. The Morgan fingerprint density at radius 2 is 2.38 bits per heavy atom. The van der Waals surface area contributed by atoms with E-state index in [0.29, 0.717) is 11.2 Å². The fourth-order valence-corrected chi connectivity index (χ4v) is 3.12. The van der Waals surface area contributed by atoms with E-state index in [1.54, 1.807) is 0 Å². The van der Waals surface area contributed by atoms with Crippen LogP contribution >= 0.6 is 23.4 Å². The summed E-state index contributed by atoms with van der Waals surface area (Å²) in [5.41, 5.74) is 0. The van der Waals surface area contributed by atoms with Crippen molar-refractivity contribution in [2.75, 3.05) is 23.5 Å². The van der Waals surface area contributed by atoms with Gasteiger partial charge in [0.05, 0.1) is 0 Å². The van der Waals surface area contributed by atoms with E-state index in [-0.39, 0.29) is 0 Å². The van der Waals surface area contributed by atoms with Gasteiger partial charge < -0.3 is 4.90 Å². The largest absolute Gasteiger partial charge is 0.353 e. The number of hydrogen-bond donors (Lipinski definition) is 0. The Kier molecular flexibility index (Phi) is 3.92. The van der Waals surface area contributed by atoms with Gasteiger partial charge in [0.1, 0.15) is 16.8 Å². The van der Waals surface area contributed by atoms with Gasteiger partial charge in [0.15, 0.2) is 0 Å². The quantitative estimate of drug-likeness (QED) is 0.779. The maximum atomic E-state index is 5.97. The molecule has 0 spiro atoms. The molecule has 0 amide bonds. The maximum Gasteiger partial charge on any atom is 0.134 e. The van der Waals surface area contributed by atoms with Gasteiger partial charge in [-0.25, -0.2) is 9.97 Å². The van der Waals surface area contributed by atoms with E-state index in [4.69, 9.17) is 11.6 Å². The Labute approximate surface area is 106 Å². The molecule has 0 bridgehead atoms. The maximum absolute atomic E-state index is 5.97. The third kappa shape index (κ3) is 2.61. The predicted octanol–water partition coefficient (Wildman–Crippen LogP) is 2.77. The Balaban J connectivity index is 2.21. The average molecular weight is 258 g/mol. The molecule has 0 radical (unpaired) electrons. The minimum Gasteiger partial charge on any atom is -0.353 e. The zero-order chi connectivity index (χ0) is 11.5. The first-order valence-corrected chi connectivity index (χ1v) is 7.24. The SMILES string of the molecule is CSCC1CCCN1c1cc(Cl)nc(C)n1. The number of halogens is 1. The first-order chi connectivity index (χ1) is 7.70. The number of thioether (sulfide) groups is 1. The predicted molar refractivity (Wildman–Crippen MR) is 70.5 cm³/mol. The molecule has 1 aliphatic heterocycles. The molecule has 16 heavy (non-hydrogen) atoms. The van der Waals surface area contributed by atoms with Gasteiger partial charge in [-0.3, -0.25) is 0 Å². The zero-order valence-corrected chi connectivity index (χ0v) is 11.2. The number of nitrogens with zero attached hydrogens (tertiary/aromatic N) is 3.